The van der Waals surface area contributed by atoms with Gasteiger partial charge in [0, 0.05) is 0 Å². The first-order valence-corrected chi connectivity index (χ1v) is 6.87. The summed E-state index contributed by atoms with van der Waals surface area (Å²) in [5.74, 6) is -4.27. The van der Waals surface area contributed by atoms with Crippen LogP contribution in [0.1, 0.15) is 19.4 Å². The van der Waals surface area contributed by atoms with Gasteiger partial charge in [0.05, 0.1) is 18.2 Å². The van der Waals surface area contributed by atoms with Gasteiger partial charge in [0.1, 0.15) is 5.75 Å². The number of nitrogens with one attached hydrogen (secondary N) is 1. The van der Waals surface area contributed by atoms with Crippen LogP contribution in [0, 0.1) is 17.5 Å². The Bertz CT molecular complexity index is 727. The molecule has 0 unspecified atom stereocenters. The lowest BCUT2D eigenvalue weighted by molar-refractivity contribution is -0.120. The van der Waals surface area contributed by atoms with E-state index in [4.69, 9.17) is 4.74 Å². The van der Waals surface area contributed by atoms with Crippen LogP contribution in [0.3, 0.4) is 0 Å². The Labute approximate surface area is 132 Å². The predicted octanol–water partition coefficient (Wildman–Crippen LogP) is 4.03. The lowest BCUT2D eigenvalue weighted by Gasteiger charge is -2.24. The van der Waals surface area contributed by atoms with Crippen LogP contribution in [0.25, 0.3) is 0 Å². The van der Waals surface area contributed by atoms with Crippen molar-refractivity contribution in [2.24, 2.45) is 0 Å². The molecule has 1 amide bonds. The van der Waals surface area contributed by atoms with Crippen LogP contribution in [0.4, 0.5) is 18.9 Å². The molecule has 2 rings (SSSR count). The van der Waals surface area contributed by atoms with Crippen LogP contribution in [0.5, 0.6) is 5.75 Å². The van der Waals surface area contributed by atoms with Crippen molar-refractivity contribution in [3.05, 3.63) is 59.4 Å². The molecule has 0 atom stereocenters. The summed E-state index contributed by atoms with van der Waals surface area (Å²) in [5, 5.41) is 2.29. The summed E-state index contributed by atoms with van der Waals surface area (Å²) in [6, 6.07) is 8.55. The number of methoxy groups -OCH3 is 1. The molecule has 0 aliphatic carbocycles. The van der Waals surface area contributed by atoms with E-state index in [1.807, 2.05) is 0 Å². The van der Waals surface area contributed by atoms with Gasteiger partial charge in [0.2, 0.25) is 5.91 Å². The minimum Gasteiger partial charge on any atom is -0.497 e. The van der Waals surface area contributed by atoms with E-state index in [2.05, 4.69) is 5.32 Å². The zero-order valence-corrected chi connectivity index (χ0v) is 12.9. The molecule has 2 aromatic rings. The highest BCUT2D eigenvalue weighted by Gasteiger charge is 2.31. The normalized spacial score (nSPS) is 11.2. The van der Waals surface area contributed by atoms with Gasteiger partial charge in [-0.25, -0.2) is 13.2 Å². The molecule has 0 bridgehead atoms. The third kappa shape index (κ3) is 3.31. The zero-order valence-electron chi connectivity index (χ0n) is 12.9. The summed E-state index contributed by atoms with van der Waals surface area (Å²) in [5.41, 5.74) is -0.752. The van der Waals surface area contributed by atoms with E-state index in [-0.39, 0.29) is 0 Å². The second-order valence-corrected chi connectivity index (χ2v) is 5.53. The molecule has 0 heterocycles. The predicted molar refractivity (Wildman–Crippen MR) is 81.0 cm³/mol. The number of halogens is 3. The van der Waals surface area contributed by atoms with Crippen molar-refractivity contribution < 1.29 is 22.7 Å². The van der Waals surface area contributed by atoms with Gasteiger partial charge in [0.25, 0.3) is 0 Å². The molecule has 0 spiro atoms. The Morgan fingerprint density at radius 2 is 1.61 bits per heavy atom. The molecule has 23 heavy (non-hydrogen) atoms. The number of amides is 1. The molecule has 0 fully saturated rings. The molecule has 0 aliphatic heterocycles. The van der Waals surface area contributed by atoms with Crippen molar-refractivity contribution in [2.45, 2.75) is 19.3 Å². The number of hydrogen-bond donors (Lipinski definition) is 1. The van der Waals surface area contributed by atoms with Gasteiger partial charge in [-0.15, -0.1) is 0 Å². The summed E-state index contributed by atoms with van der Waals surface area (Å²) in [6.07, 6.45) is 0. The first-order valence-electron chi connectivity index (χ1n) is 6.87. The summed E-state index contributed by atoms with van der Waals surface area (Å²) < 4.78 is 44.9. The van der Waals surface area contributed by atoms with E-state index in [0.29, 0.717) is 11.3 Å². The fourth-order valence-electron chi connectivity index (χ4n) is 2.04. The van der Waals surface area contributed by atoms with Crippen LogP contribution in [-0.2, 0) is 10.2 Å². The highest BCUT2D eigenvalue weighted by molar-refractivity contribution is 5.98. The van der Waals surface area contributed by atoms with E-state index in [1.54, 1.807) is 38.1 Å². The van der Waals surface area contributed by atoms with E-state index < -0.39 is 34.5 Å². The fraction of sp³-hybridized carbons (Fsp3) is 0.235. The third-order valence-corrected chi connectivity index (χ3v) is 3.66. The third-order valence-electron chi connectivity index (χ3n) is 3.66. The molecule has 1 N–H and O–H groups in total. The number of carbonyl (C=O) groups excluding carboxylic acids is 1. The maximum Gasteiger partial charge on any atom is 0.234 e. The topological polar surface area (TPSA) is 38.3 Å². The minimum absolute atomic E-state index is 0.407. The van der Waals surface area contributed by atoms with Crippen molar-refractivity contribution >= 4 is 11.6 Å². The quantitative estimate of drug-likeness (QED) is 0.863. The van der Waals surface area contributed by atoms with Crippen molar-refractivity contribution in [1.82, 2.24) is 0 Å². The Hall–Kier alpha value is -2.50. The average molecular weight is 323 g/mol. The van der Waals surface area contributed by atoms with Crippen LogP contribution < -0.4 is 10.1 Å². The number of benzene rings is 2. The molecule has 0 aromatic heterocycles. The van der Waals surface area contributed by atoms with Gasteiger partial charge in [-0.05, 0) is 43.7 Å². The number of carbonyl (C=O) groups is 1. The largest absolute Gasteiger partial charge is 0.497 e. The molecule has 0 radical (unpaired) electrons. The van der Waals surface area contributed by atoms with Crippen molar-refractivity contribution in [2.75, 3.05) is 12.4 Å². The Kier molecular flexibility index (Phi) is 4.63. The summed E-state index contributed by atoms with van der Waals surface area (Å²) in [4.78, 5) is 12.4. The van der Waals surface area contributed by atoms with Crippen molar-refractivity contribution in [3.63, 3.8) is 0 Å². The Morgan fingerprint density at radius 3 is 2.17 bits per heavy atom. The number of rotatable bonds is 4. The highest BCUT2D eigenvalue weighted by Crippen LogP contribution is 2.28. The van der Waals surface area contributed by atoms with Crippen LogP contribution in [-0.4, -0.2) is 13.0 Å². The van der Waals surface area contributed by atoms with Gasteiger partial charge < -0.3 is 10.1 Å². The van der Waals surface area contributed by atoms with E-state index in [9.17, 15) is 18.0 Å². The summed E-state index contributed by atoms with van der Waals surface area (Å²) >= 11 is 0. The van der Waals surface area contributed by atoms with Gasteiger partial charge in [-0.2, -0.15) is 0 Å². The monoisotopic (exact) mass is 323 g/mol. The zero-order chi connectivity index (χ0) is 17.2. The van der Waals surface area contributed by atoms with Gasteiger partial charge >= 0.3 is 0 Å². The smallest absolute Gasteiger partial charge is 0.234 e. The highest BCUT2D eigenvalue weighted by atomic mass is 19.2. The summed E-state index contributed by atoms with van der Waals surface area (Å²) in [7, 11) is 1.53. The SMILES string of the molecule is COc1ccc(C(C)(C)C(=O)Nc2ccc(F)c(F)c2F)cc1. The summed E-state index contributed by atoms with van der Waals surface area (Å²) in [6.45, 7) is 3.28. The fourth-order valence-corrected chi connectivity index (χ4v) is 2.04. The maximum absolute atomic E-state index is 13.7. The lowest BCUT2D eigenvalue weighted by atomic mass is 9.83. The molecule has 2 aromatic carbocycles. The van der Waals surface area contributed by atoms with Gasteiger partial charge in [-0.1, -0.05) is 12.1 Å². The minimum atomic E-state index is -1.62. The van der Waals surface area contributed by atoms with Crippen molar-refractivity contribution in [1.29, 1.82) is 0 Å². The molecule has 0 saturated carbocycles. The Morgan fingerprint density at radius 1 is 1.00 bits per heavy atom. The molecule has 0 aliphatic rings. The van der Waals surface area contributed by atoms with Crippen molar-refractivity contribution in [3.8, 4) is 5.75 Å². The lowest BCUT2D eigenvalue weighted by Crippen LogP contribution is -2.35. The van der Waals surface area contributed by atoms with Crippen LogP contribution in [0.2, 0.25) is 0 Å². The molecule has 0 saturated heterocycles. The van der Waals surface area contributed by atoms with Gasteiger partial charge in [0.15, 0.2) is 17.5 Å². The van der Waals surface area contributed by atoms with E-state index in [1.165, 1.54) is 7.11 Å². The molecular weight excluding hydrogens is 307 g/mol. The van der Waals surface area contributed by atoms with E-state index in [0.717, 1.165) is 12.1 Å². The first kappa shape index (κ1) is 16.9. The number of ether oxygens (including phenoxy) is 1. The van der Waals surface area contributed by atoms with Crippen LogP contribution >= 0.6 is 0 Å². The number of anilines is 1. The maximum atomic E-state index is 13.7. The van der Waals surface area contributed by atoms with Gasteiger partial charge in [-0.3, -0.25) is 4.79 Å². The molecule has 3 nitrogen and oxygen atoms in total. The average Bonchev–Trinajstić information content (AvgIpc) is 2.55. The molecule has 6 heteroatoms. The number of hydrogen-bond acceptors (Lipinski definition) is 2. The molecular formula is C17H16F3NO2. The Balaban J connectivity index is 2.26. The standard InChI is InChI=1S/C17H16F3NO2/c1-17(2,10-4-6-11(23-3)7-5-10)16(22)21-13-9-8-12(18)14(19)15(13)20/h4-9H,1-3H3,(H,21,22). The van der Waals surface area contributed by atoms with Crippen LogP contribution in [0.15, 0.2) is 36.4 Å². The second kappa shape index (κ2) is 6.32. The first-order chi connectivity index (χ1) is 10.8. The van der Waals surface area contributed by atoms with E-state index >= 15 is 0 Å². The second-order valence-electron chi connectivity index (χ2n) is 5.53. The molecule has 122 valence electrons.